The second kappa shape index (κ2) is 7.01. The van der Waals surface area contributed by atoms with Crippen molar-refractivity contribution in [3.8, 4) is 0 Å². The molecule has 0 spiro atoms. The standard InChI is InChI=1S/C19H17F3N6O2/c1-10-7-12(19(20,21)22)8-15(25-10)28-13(9-24-18(28)30)17(29)27(2)14-4-3-11-5-6-23-16(11)26-14/h3-8,13H,9H2,1-2H3,(H,23,26)(H,24,30)/t13-/m0/s1. The molecule has 3 amide bonds. The molecule has 0 aromatic carbocycles. The van der Waals surface area contributed by atoms with Crippen molar-refractivity contribution in [3.63, 3.8) is 0 Å². The fourth-order valence-corrected chi connectivity index (χ4v) is 3.34. The number of carbonyl (C=O) groups is 2. The van der Waals surface area contributed by atoms with Gasteiger partial charge in [0, 0.05) is 30.9 Å². The van der Waals surface area contributed by atoms with E-state index in [9.17, 15) is 22.8 Å². The summed E-state index contributed by atoms with van der Waals surface area (Å²) in [5.74, 6) is -0.414. The van der Waals surface area contributed by atoms with E-state index in [0.717, 1.165) is 22.4 Å². The summed E-state index contributed by atoms with van der Waals surface area (Å²) in [5.41, 5.74) is -0.277. The number of amides is 3. The van der Waals surface area contributed by atoms with Gasteiger partial charge in [-0.3, -0.25) is 14.6 Å². The molecule has 1 fully saturated rings. The van der Waals surface area contributed by atoms with Gasteiger partial charge in [0.15, 0.2) is 0 Å². The maximum Gasteiger partial charge on any atom is 0.416 e. The summed E-state index contributed by atoms with van der Waals surface area (Å²) < 4.78 is 39.6. The van der Waals surface area contributed by atoms with Crippen molar-refractivity contribution < 1.29 is 22.8 Å². The summed E-state index contributed by atoms with van der Waals surface area (Å²) in [7, 11) is 1.49. The third-order valence-corrected chi connectivity index (χ3v) is 4.85. The third-order valence-electron chi connectivity index (χ3n) is 4.85. The number of fused-ring (bicyclic) bond motifs is 1. The molecule has 0 aliphatic carbocycles. The number of likely N-dealkylation sites (N-methyl/N-ethyl adjacent to an activating group) is 1. The van der Waals surface area contributed by atoms with Gasteiger partial charge in [0.1, 0.15) is 23.3 Å². The van der Waals surface area contributed by atoms with Crippen molar-refractivity contribution in [1.29, 1.82) is 0 Å². The second-order valence-corrected chi connectivity index (χ2v) is 6.91. The summed E-state index contributed by atoms with van der Waals surface area (Å²) in [6.07, 6.45) is -2.89. The maximum absolute atomic E-state index is 13.2. The monoisotopic (exact) mass is 418 g/mol. The summed E-state index contributed by atoms with van der Waals surface area (Å²) >= 11 is 0. The van der Waals surface area contributed by atoms with Gasteiger partial charge in [-0.05, 0) is 37.3 Å². The molecule has 4 rings (SSSR count). The van der Waals surface area contributed by atoms with Gasteiger partial charge in [-0.1, -0.05) is 0 Å². The lowest BCUT2D eigenvalue weighted by atomic mass is 10.2. The van der Waals surface area contributed by atoms with Gasteiger partial charge < -0.3 is 10.3 Å². The van der Waals surface area contributed by atoms with Crippen molar-refractivity contribution in [2.45, 2.75) is 19.1 Å². The minimum Gasteiger partial charge on any atom is -0.346 e. The average Bonchev–Trinajstić information content (AvgIpc) is 3.31. The lowest BCUT2D eigenvalue weighted by Crippen LogP contribution is -2.47. The van der Waals surface area contributed by atoms with E-state index in [1.54, 1.807) is 18.3 Å². The topological polar surface area (TPSA) is 94.2 Å². The fourth-order valence-electron chi connectivity index (χ4n) is 3.34. The minimum atomic E-state index is -4.61. The Balaban J connectivity index is 1.67. The number of aromatic amines is 1. The number of rotatable bonds is 3. The molecule has 156 valence electrons. The highest BCUT2D eigenvalue weighted by atomic mass is 19.4. The van der Waals surface area contributed by atoms with Crippen LogP contribution < -0.4 is 15.1 Å². The van der Waals surface area contributed by atoms with Crippen molar-refractivity contribution >= 4 is 34.6 Å². The zero-order chi connectivity index (χ0) is 21.6. The highest BCUT2D eigenvalue weighted by Crippen LogP contribution is 2.33. The molecule has 3 aromatic heterocycles. The quantitative estimate of drug-likeness (QED) is 0.684. The fraction of sp³-hybridized carbons (Fsp3) is 0.263. The molecule has 0 bridgehead atoms. The number of hydrogen-bond acceptors (Lipinski definition) is 4. The van der Waals surface area contributed by atoms with E-state index in [-0.39, 0.29) is 18.1 Å². The largest absolute Gasteiger partial charge is 0.416 e. The van der Waals surface area contributed by atoms with E-state index in [2.05, 4.69) is 20.3 Å². The van der Waals surface area contributed by atoms with Gasteiger partial charge in [-0.25, -0.2) is 14.8 Å². The SMILES string of the molecule is Cc1cc(C(F)(F)F)cc(N2C(=O)NC[C@H]2C(=O)N(C)c2ccc3cc[nH]c3n2)n1. The first kappa shape index (κ1) is 19.7. The van der Waals surface area contributed by atoms with Gasteiger partial charge in [0.2, 0.25) is 0 Å². The van der Waals surface area contributed by atoms with Gasteiger partial charge in [-0.15, -0.1) is 0 Å². The van der Waals surface area contributed by atoms with Crippen LogP contribution in [0, 0.1) is 6.92 Å². The number of nitrogens with zero attached hydrogens (tertiary/aromatic N) is 4. The van der Waals surface area contributed by atoms with Crippen LogP contribution in [0.2, 0.25) is 0 Å². The minimum absolute atomic E-state index is 0.0657. The molecular weight excluding hydrogens is 401 g/mol. The zero-order valence-corrected chi connectivity index (χ0v) is 16.0. The Kier molecular flexibility index (Phi) is 4.60. The van der Waals surface area contributed by atoms with Crippen LogP contribution in [-0.4, -0.2) is 46.5 Å². The Labute approximate surface area is 168 Å². The van der Waals surface area contributed by atoms with Crippen molar-refractivity contribution in [3.05, 3.63) is 47.8 Å². The first-order valence-electron chi connectivity index (χ1n) is 9.00. The summed E-state index contributed by atoms with van der Waals surface area (Å²) in [4.78, 5) is 39.1. The number of aryl methyl sites for hydroxylation is 1. The molecule has 3 aromatic rings. The van der Waals surface area contributed by atoms with Crippen molar-refractivity contribution in [1.82, 2.24) is 20.3 Å². The molecule has 2 N–H and O–H groups in total. The van der Waals surface area contributed by atoms with Gasteiger partial charge >= 0.3 is 12.2 Å². The number of nitrogens with one attached hydrogen (secondary N) is 2. The average molecular weight is 418 g/mol. The molecule has 1 aliphatic heterocycles. The van der Waals surface area contributed by atoms with E-state index < -0.39 is 29.7 Å². The predicted molar refractivity (Wildman–Crippen MR) is 103 cm³/mol. The van der Waals surface area contributed by atoms with Crippen LogP contribution in [0.15, 0.2) is 36.5 Å². The van der Waals surface area contributed by atoms with E-state index in [0.29, 0.717) is 11.5 Å². The highest BCUT2D eigenvalue weighted by Gasteiger charge is 2.41. The third kappa shape index (κ3) is 3.42. The molecule has 11 heteroatoms. The Hall–Kier alpha value is -3.63. The smallest absolute Gasteiger partial charge is 0.346 e. The number of alkyl halides is 3. The van der Waals surface area contributed by atoms with Crippen LogP contribution in [0.3, 0.4) is 0 Å². The Morgan fingerprint density at radius 2 is 2.00 bits per heavy atom. The van der Waals surface area contributed by atoms with Crippen LogP contribution in [0.5, 0.6) is 0 Å². The number of anilines is 2. The normalized spacial score (nSPS) is 16.8. The first-order chi connectivity index (χ1) is 14.1. The van der Waals surface area contributed by atoms with E-state index in [1.165, 1.54) is 18.9 Å². The number of pyridine rings is 2. The summed E-state index contributed by atoms with van der Waals surface area (Å²) in [6.45, 7) is 1.33. The van der Waals surface area contributed by atoms with Crippen molar-refractivity contribution in [2.75, 3.05) is 23.4 Å². The molecule has 0 radical (unpaired) electrons. The highest BCUT2D eigenvalue weighted by molar-refractivity contribution is 6.07. The van der Waals surface area contributed by atoms with E-state index in [4.69, 9.17) is 0 Å². The van der Waals surface area contributed by atoms with Crippen LogP contribution in [-0.2, 0) is 11.0 Å². The van der Waals surface area contributed by atoms with E-state index in [1.807, 2.05) is 6.07 Å². The molecule has 1 aliphatic rings. The van der Waals surface area contributed by atoms with Crippen LogP contribution in [0.4, 0.5) is 29.6 Å². The molecule has 30 heavy (non-hydrogen) atoms. The van der Waals surface area contributed by atoms with Crippen LogP contribution in [0.1, 0.15) is 11.3 Å². The molecule has 0 saturated carbocycles. The number of halogens is 3. The summed E-state index contributed by atoms with van der Waals surface area (Å²) in [5, 5.41) is 3.36. The number of H-pyrrole nitrogens is 1. The van der Waals surface area contributed by atoms with Gasteiger partial charge in [-0.2, -0.15) is 13.2 Å². The lowest BCUT2D eigenvalue weighted by Gasteiger charge is -2.26. The number of aromatic nitrogens is 3. The molecule has 1 saturated heterocycles. The predicted octanol–water partition coefficient (Wildman–Crippen LogP) is 2.85. The first-order valence-corrected chi connectivity index (χ1v) is 9.00. The maximum atomic E-state index is 13.2. The number of hydrogen-bond donors (Lipinski definition) is 2. The molecule has 8 nitrogen and oxygen atoms in total. The Morgan fingerprint density at radius 1 is 1.23 bits per heavy atom. The summed E-state index contributed by atoms with van der Waals surface area (Å²) in [6, 6.07) is 5.15. The molecule has 0 unspecified atom stereocenters. The molecular formula is C19H17F3N6O2. The molecule has 1 atom stereocenters. The molecule has 4 heterocycles. The lowest BCUT2D eigenvalue weighted by molar-refractivity contribution is -0.137. The Morgan fingerprint density at radius 3 is 2.73 bits per heavy atom. The van der Waals surface area contributed by atoms with Crippen molar-refractivity contribution in [2.24, 2.45) is 0 Å². The van der Waals surface area contributed by atoms with Gasteiger partial charge in [0.25, 0.3) is 5.91 Å². The van der Waals surface area contributed by atoms with Crippen LogP contribution in [0.25, 0.3) is 11.0 Å². The van der Waals surface area contributed by atoms with Gasteiger partial charge in [0.05, 0.1) is 5.56 Å². The number of urea groups is 1. The van der Waals surface area contributed by atoms with Crippen LogP contribution >= 0.6 is 0 Å². The zero-order valence-electron chi connectivity index (χ0n) is 16.0. The van der Waals surface area contributed by atoms with E-state index >= 15 is 0 Å². The Bertz CT molecular complexity index is 1140. The second-order valence-electron chi connectivity index (χ2n) is 6.91. The number of carbonyl (C=O) groups excluding carboxylic acids is 2.